The number of carbonyl (C=O) groups is 1. The van der Waals surface area contributed by atoms with Crippen molar-refractivity contribution in [2.45, 2.75) is 0 Å². The molecular formula is C18H16O2S. The van der Waals surface area contributed by atoms with E-state index in [0.29, 0.717) is 0 Å². The summed E-state index contributed by atoms with van der Waals surface area (Å²) < 4.78 is 11.8. The van der Waals surface area contributed by atoms with Gasteiger partial charge in [-0.1, -0.05) is 66.7 Å². The lowest BCUT2D eigenvalue weighted by atomic mass is 10.2. The number of carbonyl (C=O) groups excluding carboxylic acids is 1. The van der Waals surface area contributed by atoms with Crippen molar-refractivity contribution in [3.8, 4) is 0 Å². The Labute approximate surface area is 128 Å². The first-order valence-corrected chi connectivity index (χ1v) is 7.98. The first kappa shape index (κ1) is 15.3. The molecule has 0 aliphatic carbocycles. The minimum absolute atomic E-state index is 0.00661. The van der Waals surface area contributed by atoms with Gasteiger partial charge < -0.3 is 4.55 Å². The minimum atomic E-state index is -1.29. The molecule has 0 radical (unpaired) electrons. The Morgan fingerprint density at radius 1 is 0.905 bits per heavy atom. The van der Waals surface area contributed by atoms with Crippen LogP contribution in [-0.2, 0) is 16.0 Å². The van der Waals surface area contributed by atoms with Gasteiger partial charge in [0.15, 0.2) is 5.75 Å². The SMILES string of the molecule is O=C(C=Cc1ccccc1)C[S+]([O-])C=Cc1ccccc1. The summed E-state index contributed by atoms with van der Waals surface area (Å²) in [5.41, 5.74) is 1.93. The summed E-state index contributed by atoms with van der Waals surface area (Å²) in [7, 11) is 0. The van der Waals surface area contributed by atoms with Gasteiger partial charge in [0.25, 0.3) is 0 Å². The van der Waals surface area contributed by atoms with Crippen molar-refractivity contribution < 1.29 is 9.35 Å². The average molecular weight is 296 g/mol. The third kappa shape index (κ3) is 5.81. The zero-order valence-corrected chi connectivity index (χ0v) is 12.3. The molecule has 1 atom stereocenters. The molecule has 2 nitrogen and oxygen atoms in total. The Bertz CT molecular complexity index is 618. The number of hydrogen-bond acceptors (Lipinski definition) is 2. The van der Waals surface area contributed by atoms with E-state index < -0.39 is 11.2 Å². The fourth-order valence-corrected chi connectivity index (χ4v) is 2.49. The summed E-state index contributed by atoms with van der Waals surface area (Å²) in [4.78, 5) is 11.7. The van der Waals surface area contributed by atoms with Crippen molar-refractivity contribution in [3.05, 3.63) is 83.3 Å². The van der Waals surface area contributed by atoms with Crippen molar-refractivity contribution in [2.75, 3.05) is 5.75 Å². The van der Waals surface area contributed by atoms with E-state index in [1.54, 1.807) is 17.6 Å². The van der Waals surface area contributed by atoms with Crippen molar-refractivity contribution in [1.29, 1.82) is 0 Å². The first-order chi connectivity index (χ1) is 10.2. The van der Waals surface area contributed by atoms with Gasteiger partial charge in [0, 0.05) is 0 Å². The summed E-state index contributed by atoms with van der Waals surface area (Å²) in [6, 6.07) is 19.2. The predicted octanol–water partition coefficient (Wildman–Crippen LogP) is 3.69. The first-order valence-electron chi connectivity index (χ1n) is 6.60. The van der Waals surface area contributed by atoms with Crippen molar-refractivity contribution in [3.63, 3.8) is 0 Å². The quantitative estimate of drug-likeness (QED) is 0.602. The van der Waals surface area contributed by atoms with Gasteiger partial charge in [-0.3, -0.25) is 4.79 Å². The largest absolute Gasteiger partial charge is 0.612 e. The summed E-state index contributed by atoms with van der Waals surface area (Å²) in [5, 5.41) is 1.56. The van der Waals surface area contributed by atoms with E-state index in [-0.39, 0.29) is 11.5 Å². The molecule has 2 rings (SSSR count). The van der Waals surface area contributed by atoms with Gasteiger partial charge >= 0.3 is 0 Å². The van der Waals surface area contributed by atoms with Crippen LogP contribution in [0.15, 0.2) is 72.1 Å². The molecule has 0 heterocycles. The molecule has 0 fully saturated rings. The van der Waals surface area contributed by atoms with Crippen molar-refractivity contribution in [1.82, 2.24) is 0 Å². The van der Waals surface area contributed by atoms with Gasteiger partial charge in [-0.2, -0.15) is 0 Å². The molecule has 0 saturated heterocycles. The van der Waals surface area contributed by atoms with E-state index in [2.05, 4.69) is 0 Å². The number of ketones is 1. The van der Waals surface area contributed by atoms with Gasteiger partial charge in [0.05, 0.1) is 0 Å². The minimum Gasteiger partial charge on any atom is -0.612 e. The molecule has 2 aromatic rings. The zero-order valence-electron chi connectivity index (χ0n) is 11.5. The highest BCUT2D eigenvalue weighted by Crippen LogP contribution is 2.05. The van der Waals surface area contributed by atoms with E-state index in [9.17, 15) is 9.35 Å². The molecule has 3 heteroatoms. The van der Waals surface area contributed by atoms with Crippen LogP contribution in [0.2, 0.25) is 0 Å². The maximum Gasteiger partial charge on any atom is 0.205 e. The molecule has 0 saturated carbocycles. The molecule has 0 spiro atoms. The molecule has 0 aliphatic rings. The lowest BCUT2D eigenvalue weighted by Gasteiger charge is -2.02. The van der Waals surface area contributed by atoms with Crippen LogP contribution >= 0.6 is 0 Å². The van der Waals surface area contributed by atoms with Crippen LogP contribution in [0, 0.1) is 0 Å². The van der Waals surface area contributed by atoms with Crippen molar-refractivity contribution >= 4 is 29.1 Å². The van der Waals surface area contributed by atoms with Crippen LogP contribution in [0.4, 0.5) is 0 Å². The second-order valence-electron chi connectivity index (χ2n) is 4.45. The lowest BCUT2D eigenvalue weighted by molar-refractivity contribution is -0.112. The molecular weight excluding hydrogens is 280 g/mol. The summed E-state index contributed by atoms with van der Waals surface area (Å²) >= 11 is -1.29. The molecule has 0 N–H and O–H groups in total. The molecule has 0 amide bonds. The molecule has 0 aliphatic heterocycles. The number of rotatable bonds is 6. The third-order valence-corrected chi connectivity index (χ3v) is 3.77. The smallest absolute Gasteiger partial charge is 0.205 e. The second-order valence-corrected chi connectivity index (χ2v) is 5.77. The fraction of sp³-hybridized carbons (Fsp3) is 0.0556. The van der Waals surface area contributed by atoms with E-state index in [1.807, 2.05) is 60.7 Å². The van der Waals surface area contributed by atoms with Crippen LogP contribution in [0.3, 0.4) is 0 Å². The Morgan fingerprint density at radius 2 is 1.43 bits per heavy atom. The van der Waals surface area contributed by atoms with E-state index in [0.717, 1.165) is 11.1 Å². The van der Waals surface area contributed by atoms with Crippen LogP contribution in [0.5, 0.6) is 0 Å². The summed E-state index contributed by atoms with van der Waals surface area (Å²) in [5.74, 6) is -0.137. The van der Waals surface area contributed by atoms with E-state index in [1.165, 1.54) is 6.08 Å². The van der Waals surface area contributed by atoms with Gasteiger partial charge in [0.2, 0.25) is 5.78 Å². The topological polar surface area (TPSA) is 40.1 Å². The van der Waals surface area contributed by atoms with E-state index in [4.69, 9.17) is 0 Å². The van der Waals surface area contributed by atoms with Gasteiger partial charge in [0.1, 0.15) is 5.41 Å². The molecule has 21 heavy (non-hydrogen) atoms. The second kappa shape index (κ2) is 8.25. The summed E-state index contributed by atoms with van der Waals surface area (Å²) in [6.45, 7) is 0. The molecule has 1 unspecified atom stereocenters. The number of allylic oxidation sites excluding steroid dienone is 1. The summed E-state index contributed by atoms with van der Waals surface area (Å²) in [6.07, 6.45) is 4.98. The maximum atomic E-state index is 11.8. The normalized spacial score (nSPS) is 12.8. The van der Waals surface area contributed by atoms with Gasteiger partial charge in [-0.05, 0) is 34.5 Å². The van der Waals surface area contributed by atoms with Crippen LogP contribution in [0.25, 0.3) is 12.2 Å². The Hall–Kier alpha value is -2.10. The highest BCUT2D eigenvalue weighted by atomic mass is 32.2. The number of benzene rings is 2. The third-order valence-electron chi connectivity index (χ3n) is 2.76. The molecule has 106 valence electrons. The predicted molar refractivity (Wildman–Crippen MR) is 89.0 cm³/mol. The Morgan fingerprint density at radius 3 is 2.00 bits per heavy atom. The Balaban J connectivity index is 1.85. The van der Waals surface area contributed by atoms with Crippen molar-refractivity contribution in [2.24, 2.45) is 0 Å². The van der Waals surface area contributed by atoms with Gasteiger partial charge in [-0.15, -0.1) is 0 Å². The molecule has 2 aromatic carbocycles. The fourth-order valence-electron chi connectivity index (χ4n) is 1.71. The average Bonchev–Trinajstić information content (AvgIpc) is 2.53. The highest BCUT2D eigenvalue weighted by molar-refractivity contribution is 7.95. The lowest BCUT2D eigenvalue weighted by Crippen LogP contribution is -2.11. The van der Waals surface area contributed by atoms with Crippen LogP contribution in [-0.4, -0.2) is 16.1 Å². The Kier molecular flexibility index (Phi) is 6.00. The zero-order chi connectivity index (χ0) is 14.9. The van der Waals surface area contributed by atoms with Crippen LogP contribution < -0.4 is 0 Å². The van der Waals surface area contributed by atoms with Gasteiger partial charge in [-0.25, -0.2) is 0 Å². The van der Waals surface area contributed by atoms with E-state index >= 15 is 0 Å². The monoisotopic (exact) mass is 296 g/mol. The highest BCUT2D eigenvalue weighted by Gasteiger charge is 2.07. The standard InChI is InChI=1S/C18H16O2S/c19-18(12-11-16-7-3-1-4-8-16)15-21(20)14-13-17-9-5-2-6-10-17/h1-14H,15H2. The molecule has 0 bridgehead atoms. The number of hydrogen-bond donors (Lipinski definition) is 0. The van der Waals surface area contributed by atoms with Crippen LogP contribution in [0.1, 0.15) is 11.1 Å². The molecule has 0 aromatic heterocycles. The maximum absolute atomic E-state index is 11.8.